The van der Waals surface area contributed by atoms with Crippen molar-refractivity contribution >= 4 is 30.3 Å². The molecule has 0 spiro atoms. The number of nitrogens with one attached hydrogen (secondary N) is 1. The summed E-state index contributed by atoms with van der Waals surface area (Å²) >= 11 is 0. The predicted octanol–water partition coefficient (Wildman–Crippen LogP) is -19.2. The van der Waals surface area contributed by atoms with E-state index < -0.39 is 260 Å². The van der Waals surface area contributed by atoms with Crippen LogP contribution in [0.1, 0.15) is 20.3 Å². The molecule has 6 heterocycles. The Bertz CT molecular complexity index is 2260. The molecular formula is C46H80N2Na2O35SSi. The second kappa shape index (κ2) is 33.5. The van der Waals surface area contributed by atoms with E-state index >= 15 is 0 Å². The summed E-state index contributed by atoms with van der Waals surface area (Å²) in [5.74, 6) is -6.79. The standard InChI is InChI=1S/C46H82N2O35SSi.2Na/c1-14-24(56)28(60)30(62)42(73-14)80-37-23(48-15(2)53)40(81-38-26(58)18(10-50)74-43(32(38)64)78-34-20(12-52)76-41(31(63)29(34)61)71-6-7-85(3,4)5)77-21(13-72-84(68,69)70)35(37)79-44-33(65)39(27(59)19(11-51)75-44)83-46(45(66)67)8-16(54)22(47)36(82-46)25(57)17(55)9-49;;/h14,16-44,49-52,54-65H,6-13,47H2,1-5H3,(H,48,53)(H,66,67)(H,68,69,70);;/q;2*+1/p-2/t14-,16-,17+,18+,19+,20+,21+,22+,23+,24+,25+,26-,27-,28+,29+,30-,31+,32+,33+,34+,35+,36+,37+,38-,39-,40-,41+,42-,43-,44-,46-;;/m0../s1. The van der Waals surface area contributed by atoms with Gasteiger partial charge in [0, 0.05) is 28.0 Å². The summed E-state index contributed by atoms with van der Waals surface area (Å²) in [6, 6.07) is -3.23. The molecule has 0 aliphatic carbocycles. The summed E-state index contributed by atoms with van der Waals surface area (Å²) < 4.78 is 111. The van der Waals surface area contributed by atoms with E-state index in [1.54, 1.807) is 0 Å². The SMILES string of the molecule is CC(=O)N[C@H]1[C@H](O[C@H]2[C@@H](O)[C@@H](CO)O[C@@H](O[C@H]3[C@H](O)[C@@H](O)[C@H](OCC[Si](C)(C)C)O[C@@H]3CO)[C@@H]2O)O[C@H](COS(=O)(=O)[O-])[C@@H](O[C@@H]2O[C@H](CO)[C@H](O)[C@H](O[C@]3(C(=O)[O-])C[C@H](O)[C@@H](N)[C@H]([C@H](O)[C@H](O)CO)O3)[C@H]2O)[C@@H]1O[C@@H]1O[C@@H](C)[C@@H](O)[C@@H](O)[C@@H]1O.[Na+].[Na+]. The summed E-state index contributed by atoms with van der Waals surface area (Å²) in [6.07, 6.45) is -60.0. The first-order valence-electron chi connectivity index (χ1n) is 26.9. The number of aliphatic hydroxyl groups excluding tert-OH is 16. The van der Waals surface area contributed by atoms with Crippen LogP contribution < -0.4 is 75.3 Å². The van der Waals surface area contributed by atoms with Gasteiger partial charge in [-0.15, -0.1) is 0 Å². The normalized spacial score (nSPS) is 44.6. The van der Waals surface area contributed by atoms with Crippen molar-refractivity contribution in [1.82, 2.24) is 5.32 Å². The van der Waals surface area contributed by atoms with E-state index in [-0.39, 0.29) is 65.7 Å². The van der Waals surface area contributed by atoms with Gasteiger partial charge >= 0.3 is 59.1 Å². The van der Waals surface area contributed by atoms with Crippen LogP contribution in [0.3, 0.4) is 0 Å². The van der Waals surface area contributed by atoms with E-state index in [0.717, 1.165) is 6.92 Å². The largest absolute Gasteiger partial charge is 1.00 e. The first kappa shape index (κ1) is 79.3. The maximum absolute atomic E-state index is 13.3. The van der Waals surface area contributed by atoms with Gasteiger partial charge < -0.3 is 164 Å². The van der Waals surface area contributed by atoms with Gasteiger partial charge in [0.25, 0.3) is 0 Å². The zero-order valence-corrected chi connectivity index (χ0v) is 54.2. The van der Waals surface area contributed by atoms with Crippen LogP contribution in [-0.2, 0) is 81.0 Å². The van der Waals surface area contributed by atoms with Crippen LogP contribution in [0.4, 0.5) is 0 Å². The van der Waals surface area contributed by atoms with Gasteiger partial charge in [-0.2, -0.15) is 0 Å². The Balaban J connectivity index is 0.00000810. The molecule has 0 saturated carbocycles. The molecule has 6 fully saturated rings. The molecule has 19 N–H and O–H groups in total. The van der Waals surface area contributed by atoms with Gasteiger partial charge in [-0.05, 0) is 13.0 Å². The van der Waals surface area contributed by atoms with E-state index in [0.29, 0.717) is 6.04 Å². The molecule has 0 bridgehead atoms. The minimum absolute atomic E-state index is 0. The summed E-state index contributed by atoms with van der Waals surface area (Å²) in [4.78, 5) is 26.3. The molecule has 0 aromatic rings. The average Bonchev–Trinajstić information content (AvgIpc) is 0.865. The van der Waals surface area contributed by atoms with Gasteiger partial charge in [0.1, 0.15) is 140 Å². The van der Waals surface area contributed by atoms with Gasteiger partial charge in [0.15, 0.2) is 31.5 Å². The van der Waals surface area contributed by atoms with E-state index in [1.807, 2.05) is 19.6 Å². The van der Waals surface area contributed by atoms with Crippen LogP contribution in [0, 0.1) is 0 Å². The third kappa shape index (κ3) is 19.1. The van der Waals surface area contributed by atoms with E-state index in [2.05, 4.69) is 9.50 Å². The molecule has 87 heavy (non-hydrogen) atoms. The van der Waals surface area contributed by atoms with Gasteiger partial charge in [-0.3, -0.25) is 8.98 Å². The van der Waals surface area contributed by atoms with Crippen LogP contribution in [0.15, 0.2) is 0 Å². The van der Waals surface area contributed by atoms with Gasteiger partial charge in [0.2, 0.25) is 22.1 Å². The molecule has 0 aromatic carbocycles. The summed E-state index contributed by atoms with van der Waals surface area (Å²) in [5.41, 5.74) is 5.96. The maximum Gasteiger partial charge on any atom is 1.00 e. The predicted molar refractivity (Wildman–Crippen MR) is 266 cm³/mol. The number of carboxylic acids is 1. The number of aliphatic hydroxyl groups is 16. The summed E-state index contributed by atoms with van der Waals surface area (Å²) in [6.45, 7) is 2.37. The number of carbonyl (C=O) groups is 2. The fraction of sp³-hybridized carbons (Fsp3) is 0.957. The maximum atomic E-state index is 13.3. The van der Waals surface area contributed by atoms with Crippen molar-refractivity contribution in [1.29, 1.82) is 0 Å². The summed E-state index contributed by atoms with van der Waals surface area (Å²) in [5, 5.41) is 190. The monoisotopic (exact) mass is 1330 g/mol. The van der Waals surface area contributed by atoms with Gasteiger partial charge in [-0.25, -0.2) is 8.42 Å². The first-order chi connectivity index (χ1) is 39.6. The molecule has 6 saturated heterocycles. The number of rotatable bonds is 25. The van der Waals surface area contributed by atoms with Crippen LogP contribution >= 0.6 is 0 Å². The second-order valence-electron chi connectivity index (χ2n) is 22.6. The number of hydrogen-bond donors (Lipinski definition) is 18. The fourth-order valence-electron chi connectivity index (χ4n) is 10.3. The van der Waals surface area contributed by atoms with E-state index in [4.69, 9.17) is 62.6 Å². The molecular weight excluding hydrogens is 1250 g/mol. The number of nitrogens with two attached hydrogens (primary N) is 1. The fourth-order valence-corrected chi connectivity index (χ4v) is 11.3. The molecule has 6 aliphatic rings. The smallest absolute Gasteiger partial charge is 0.726 e. The number of amides is 1. The number of aliphatic carboxylic acids is 1. The Morgan fingerprint density at radius 1 is 0.655 bits per heavy atom. The number of carbonyl (C=O) groups excluding carboxylic acids is 2. The Labute approximate surface area is 542 Å². The molecule has 41 heteroatoms. The Morgan fingerprint density at radius 3 is 1.68 bits per heavy atom. The van der Waals surface area contributed by atoms with Crippen molar-refractivity contribution in [3.8, 4) is 0 Å². The molecule has 496 valence electrons. The average molecular weight is 1330 g/mol. The molecule has 37 nitrogen and oxygen atoms in total. The quantitative estimate of drug-likeness (QED) is 0.0229. The Kier molecular flexibility index (Phi) is 30.5. The van der Waals surface area contributed by atoms with Crippen LogP contribution in [0.25, 0.3) is 0 Å². The number of ether oxygens (including phenoxy) is 12. The van der Waals surface area contributed by atoms with Crippen LogP contribution in [-0.4, -0.2) is 344 Å². The van der Waals surface area contributed by atoms with Crippen LogP contribution in [0.5, 0.6) is 0 Å². The minimum Gasteiger partial charge on any atom is -0.726 e. The van der Waals surface area contributed by atoms with Gasteiger partial charge in [0.05, 0.1) is 51.3 Å². The third-order valence-corrected chi connectivity index (χ3v) is 17.3. The number of hydrogen-bond acceptors (Lipinski definition) is 36. The molecule has 6 aliphatic heterocycles. The zero-order chi connectivity index (χ0) is 63.5. The number of carboxylic acid groups (broad SMARTS) is 1. The Hall–Kier alpha value is -0.133. The van der Waals surface area contributed by atoms with E-state index in [1.165, 1.54) is 6.92 Å². The topological polar surface area (TPSA) is 596 Å². The summed E-state index contributed by atoms with van der Waals surface area (Å²) in [7, 11) is -7.49. The molecule has 1 amide bonds. The molecule has 6 rings (SSSR count). The van der Waals surface area contributed by atoms with Gasteiger partial charge in [-0.1, -0.05) is 19.6 Å². The first-order valence-corrected chi connectivity index (χ1v) is 32.0. The van der Waals surface area contributed by atoms with Crippen molar-refractivity contribution in [2.45, 2.75) is 236 Å². The molecule has 0 unspecified atom stereocenters. The van der Waals surface area contributed by atoms with Crippen molar-refractivity contribution in [2.24, 2.45) is 5.73 Å². The minimum atomic E-state index is -5.80. The van der Waals surface area contributed by atoms with Crippen LogP contribution in [0.2, 0.25) is 25.7 Å². The second-order valence-corrected chi connectivity index (χ2v) is 29.3. The third-order valence-electron chi connectivity index (χ3n) is 15.1. The van der Waals surface area contributed by atoms with E-state index in [9.17, 15) is 109 Å². The molecule has 0 radical (unpaired) electrons. The zero-order valence-electron chi connectivity index (χ0n) is 48.4. The van der Waals surface area contributed by atoms with Crippen molar-refractivity contribution in [2.75, 3.05) is 39.6 Å². The van der Waals surface area contributed by atoms with Crippen molar-refractivity contribution in [3.63, 3.8) is 0 Å². The molecule has 31 atom stereocenters. The molecule has 0 aromatic heterocycles. The van der Waals surface area contributed by atoms with Crippen molar-refractivity contribution in [3.05, 3.63) is 0 Å². The van der Waals surface area contributed by atoms with Crippen molar-refractivity contribution < 1.29 is 230 Å². The Morgan fingerprint density at radius 2 is 1.15 bits per heavy atom.